The van der Waals surface area contributed by atoms with E-state index in [0.29, 0.717) is 17.0 Å². The summed E-state index contributed by atoms with van der Waals surface area (Å²) < 4.78 is 34.2. The van der Waals surface area contributed by atoms with E-state index in [0.717, 1.165) is 21.9 Å². The maximum absolute atomic E-state index is 12.9. The van der Waals surface area contributed by atoms with E-state index < -0.39 is 15.9 Å². The lowest BCUT2D eigenvalue weighted by Crippen LogP contribution is -2.16. The van der Waals surface area contributed by atoms with Gasteiger partial charge in [0.25, 0.3) is 15.9 Å². The fraction of sp³-hybridized carbons (Fsp3) is 0.0385. The SMILES string of the molecule is Cc1ccc(NS(=O)(=O)c2cc(C(=O)Nc3ccc4c(c3)oc3ccccc34)ccc2Cl)cc1. The number of hydrogen-bond donors (Lipinski definition) is 2. The Hall–Kier alpha value is -3.81. The summed E-state index contributed by atoms with van der Waals surface area (Å²) in [6.45, 7) is 1.91. The molecule has 8 heteroatoms. The monoisotopic (exact) mass is 490 g/mol. The second kappa shape index (κ2) is 8.52. The van der Waals surface area contributed by atoms with E-state index in [1.54, 1.807) is 36.4 Å². The first-order valence-corrected chi connectivity index (χ1v) is 12.3. The zero-order valence-electron chi connectivity index (χ0n) is 18.0. The van der Waals surface area contributed by atoms with Gasteiger partial charge in [-0.15, -0.1) is 0 Å². The molecule has 1 amide bonds. The maximum atomic E-state index is 12.9. The molecule has 34 heavy (non-hydrogen) atoms. The molecule has 0 fully saturated rings. The van der Waals surface area contributed by atoms with Gasteiger partial charge in [-0.25, -0.2) is 8.42 Å². The second-order valence-electron chi connectivity index (χ2n) is 7.88. The molecule has 0 bridgehead atoms. The lowest BCUT2D eigenvalue weighted by Gasteiger charge is -2.12. The van der Waals surface area contributed by atoms with Crippen molar-refractivity contribution in [1.29, 1.82) is 0 Å². The van der Waals surface area contributed by atoms with Crippen LogP contribution in [0.3, 0.4) is 0 Å². The lowest BCUT2D eigenvalue weighted by atomic mass is 10.1. The highest BCUT2D eigenvalue weighted by atomic mass is 35.5. The van der Waals surface area contributed by atoms with Crippen molar-refractivity contribution in [2.75, 3.05) is 10.0 Å². The number of nitrogens with one attached hydrogen (secondary N) is 2. The van der Waals surface area contributed by atoms with Crippen LogP contribution in [0.5, 0.6) is 0 Å². The van der Waals surface area contributed by atoms with Crippen molar-refractivity contribution < 1.29 is 17.6 Å². The smallest absolute Gasteiger partial charge is 0.263 e. The number of fused-ring (bicyclic) bond motifs is 3. The normalized spacial score (nSPS) is 11.6. The zero-order chi connectivity index (χ0) is 23.9. The van der Waals surface area contributed by atoms with Crippen LogP contribution in [0.4, 0.5) is 11.4 Å². The molecule has 5 aromatic rings. The number of benzene rings is 4. The molecule has 0 saturated heterocycles. The number of aryl methyl sites for hydroxylation is 1. The molecule has 4 aromatic carbocycles. The van der Waals surface area contributed by atoms with Gasteiger partial charge in [-0.2, -0.15) is 0 Å². The number of carbonyl (C=O) groups is 1. The van der Waals surface area contributed by atoms with E-state index in [9.17, 15) is 13.2 Å². The van der Waals surface area contributed by atoms with Gasteiger partial charge in [0.2, 0.25) is 0 Å². The highest BCUT2D eigenvalue weighted by molar-refractivity contribution is 7.92. The molecular weight excluding hydrogens is 472 g/mol. The Morgan fingerprint density at radius 3 is 2.32 bits per heavy atom. The number of halogens is 1. The van der Waals surface area contributed by atoms with Gasteiger partial charge >= 0.3 is 0 Å². The number of furan rings is 1. The molecule has 0 radical (unpaired) electrons. The Morgan fingerprint density at radius 2 is 1.53 bits per heavy atom. The fourth-order valence-electron chi connectivity index (χ4n) is 3.69. The number of anilines is 2. The van der Waals surface area contributed by atoms with Gasteiger partial charge in [0.1, 0.15) is 16.1 Å². The van der Waals surface area contributed by atoms with E-state index in [4.69, 9.17) is 16.0 Å². The molecule has 0 atom stereocenters. The summed E-state index contributed by atoms with van der Waals surface area (Å²) in [5, 5.41) is 4.74. The molecule has 1 aromatic heterocycles. The highest BCUT2D eigenvalue weighted by Gasteiger charge is 2.21. The summed E-state index contributed by atoms with van der Waals surface area (Å²) >= 11 is 6.18. The van der Waals surface area contributed by atoms with Crippen LogP contribution < -0.4 is 10.0 Å². The quantitative estimate of drug-likeness (QED) is 0.290. The zero-order valence-corrected chi connectivity index (χ0v) is 19.6. The Kier molecular flexibility index (Phi) is 5.51. The Bertz CT molecular complexity index is 1660. The van der Waals surface area contributed by atoms with Gasteiger partial charge in [-0.1, -0.05) is 47.5 Å². The first kappa shape index (κ1) is 22.0. The van der Waals surface area contributed by atoms with Crippen molar-refractivity contribution in [3.05, 3.63) is 101 Å². The Labute approximate surface area is 201 Å². The van der Waals surface area contributed by atoms with Crippen LogP contribution in [0.2, 0.25) is 5.02 Å². The summed E-state index contributed by atoms with van der Waals surface area (Å²) in [6, 6.07) is 24.1. The van der Waals surface area contributed by atoms with Crippen molar-refractivity contribution in [1.82, 2.24) is 0 Å². The standard InChI is InChI=1S/C26H19ClN2O4S/c1-16-6-9-18(10-7-16)29-34(31,32)25-14-17(8-13-22(25)27)26(30)28-19-11-12-21-20-4-2-3-5-23(20)33-24(21)15-19/h2-15,29H,1H3,(H,28,30). The number of amides is 1. The van der Waals surface area contributed by atoms with Crippen LogP contribution in [0.25, 0.3) is 21.9 Å². The molecule has 0 saturated carbocycles. The molecule has 0 spiro atoms. The number of carbonyl (C=O) groups excluding carboxylic acids is 1. The molecule has 0 unspecified atom stereocenters. The molecule has 1 heterocycles. The van der Waals surface area contributed by atoms with Crippen LogP contribution in [0, 0.1) is 6.92 Å². The maximum Gasteiger partial charge on any atom is 0.263 e. The molecule has 0 aliphatic heterocycles. The summed E-state index contributed by atoms with van der Waals surface area (Å²) in [7, 11) is -4.01. The topological polar surface area (TPSA) is 88.4 Å². The molecule has 0 aliphatic rings. The van der Waals surface area contributed by atoms with Crippen molar-refractivity contribution >= 4 is 60.8 Å². The first-order chi connectivity index (χ1) is 16.3. The van der Waals surface area contributed by atoms with Crippen molar-refractivity contribution in [3.63, 3.8) is 0 Å². The van der Waals surface area contributed by atoms with Gasteiger partial charge in [0.15, 0.2) is 0 Å². The van der Waals surface area contributed by atoms with Crippen LogP contribution in [0.1, 0.15) is 15.9 Å². The van der Waals surface area contributed by atoms with E-state index in [-0.39, 0.29) is 15.5 Å². The Morgan fingerprint density at radius 1 is 0.824 bits per heavy atom. The third-order valence-corrected chi connectivity index (χ3v) is 7.29. The Balaban J connectivity index is 1.41. The molecular formula is C26H19ClN2O4S. The van der Waals surface area contributed by atoms with Gasteiger partial charge in [-0.05, 0) is 55.5 Å². The molecule has 2 N–H and O–H groups in total. The second-order valence-corrected chi connectivity index (χ2v) is 9.94. The average molecular weight is 491 g/mol. The molecule has 5 rings (SSSR count). The third-order valence-electron chi connectivity index (χ3n) is 5.42. The van der Waals surface area contributed by atoms with Crippen molar-refractivity contribution in [2.45, 2.75) is 11.8 Å². The van der Waals surface area contributed by atoms with E-state index in [2.05, 4.69) is 10.0 Å². The fourth-order valence-corrected chi connectivity index (χ4v) is 5.27. The predicted octanol–water partition coefficient (Wildman–Crippen LogP) is 6.60. The summed E-state index contributed by atoms with van der Waals surface area (Å²) in [5.41, 5.74) is 3.47. The van der Waals surface area contributed by atoms with Crippen LogP contribution in [-0.4, -0.2) is 14.3 Å². The van der Waals surface area contributed by atoms with E-state index >= 15 is 0 Å². The number of sulfonamides is 1. The minimum Gasteiger partial charge on any atom is -0.456 e. The lowest BCUT2D eigenvalue weighted by molar-refractivity contribution is 0.102. The van der Waals surface area contributed by atoms with Gasteiger partial charge in [0, 0.05) is 33.8 Å². The van der Waals surface area contributed by atoms with Crippen molar-refractivity contribution in [3.8, 4) is 0 Å². The van der Waals surface area contributed by atoms with Crippen LogP contribution in [-0.2, 0) is 10.0 Å². The van der Waals surface area contributed by atoms with Crippen LogP contribution in [0.15, 0.2) is 94.2 Å². The molecule has 6 nitrogen and oxygen atoms in total. The minimum atomic E-state index is -4.01. The van der Waals surface area contributed by atoms with Crippen molar-refractivity contribution in [2.24, 2.45) is 0 Å². The summed E-state index contributed by atoms with van der Waals surface area (Å²) in [4.78, 5) is 12.7. The van der Waals surface area contributed by atoms with Gasteiger partial charge < -0.3 is 9.73 Å². The van der Waals surface area contributed by atoms with Gasteiger partial charge in [-0.3, -0.25) is 9.52 Å². The van der Waals surface area contributed by atoms with E-state index in [1.165, 1.54) is 18.2 Å². The molecule has 170 valence electrons. The summed E-state index contributed by atoms with van der Waals surface area (Å²) in [5.74, 6) is -0.473. The molecule has 0 aliphatic carbocycles. The first-order valence-electron chi connectivity index (χ1n) is 10.4. The number of para-hydroxylation sites is 1. The largest absolute Gasteiger partial charge is 0.456 e. The van der Waals surface area contributed by atoms with Gasteiger partial charge in [0.05, 0.1) is 5.02 Å². The number of rotatable bonds is 5. The summed E-state index contributed by atoms with van der Waals surface area (Å²) in [6.07, 6.45) is 0. The van der Waals surface area contributed by atoms with E-state index in [1.807, 2.05) is 37.3 Å². The predicted molar refractivity (Wildman–Crippen MR) is 135 cm³/mol. The minimum absolute atomic E-state index is 0.0138. The highest BCUT2D eigenvalue weighted by Crippen LogP contribution is 2.31. The third kappa shape index (κ3) is 4.23. The van der Waals surface area contributed by atoms with Crippen LogP contribution >= 0.6 is 11.6 Å². The average Bonchev–Trinajstić information content (AvgIpc) is 3.18. The number of hydrogen-bond acceptors (Lipinski definition) is 4.